The average Bonchev–Trinajstić information content (AvgIpc) is 2.71. The Balaban J connectivity index is 1.78. The van der Waals surface area contributed by atoms with Gasteiger partial charge in [0.15, 0.2) is 0 Å². The largest absolute Gasteiger partial charge is 0.154 e. The molecule has 0 amide bonds. The highest BCUT2D eigenvalue weighted by atomic mass is 79.9. The molecule has 1 aromatic rings. The van der Waals surface area contributed by atoms with Crippen LogP contribution in [0.1, 0.15) is 31.2 Å². The summed E-state index contributed by atoms with van der Waals surface area (Å²) in [4.78, 5) is 0. The molecule has 1 aliphatic carbocycles. The first-order valence-corrected chi connectivity index (χ1v) is 7.41. The van der Waals surface area contributed by atoms with Gasteiger partial charge in [-0.2, -0.15) is 11.8 Å². The summed E-state index contributed by atoms with van der Waals surface area (Å²) in [7, 11) is 0. The Morgan fingerprint density at radius 3 is 2.85 bits per heavy atom. The number of hydrogen-bond donors (Lipinski definition) is 0. The Hall–Kier alpha value is 0.530. The maximum Gasteiger partial charge on any atom is 0.0701 e. The summed E-state index contributed by atoms with van der Waals surface area (Å²) in [5.41, 5.74) is 1.48. The molecule has 1 aliphatic rings. The smallest absolute Gasteiger partial charge is 0.0701 e. The van der Waals surface area contributed by atoms with E-state index < -0.39 is 0 Å². The normalized spacial score (nSPS) is 18.2. The molecule has 0 aromatic carbocycles. The molecule has 1 saturated carbocycles. The fourth-order valence-corrected chi connectivity index (χ4v) is 4.27. The second-order valence-electron chi connectivity index (χ2n) is 3.48. The quantitative estimate of drug-likeness (QED) is 0.772. The summed E-state index contributed by atoms with van der Waals surface area (Å²) >= 11 is 7.42. The molecule has 0 radical (unpaired) electrons. The van der Waals surface area contributed by atoms with E-state index in [1.54, 1.807) is 11.3 Å². The minimum Gasteiger partial charge on any atom is -0.154 e. The van der Waals surface area contributed by atoms with Crippen LogP contribution in [0.2, 0.25) is 0 Å². The lowest BCUT2D eigenvalue weighted by atomic mass is 10.4. The van der Waals surface area contributed by atoms with Crippen LogP contribution in [0, 0.1) is 0 Å². The van der Waals surface area contributed by atoms with Crippen molar-refractivity contribution in [3.8, 4) is 0 Å². The molecule has 1 aromatic heterocycles. The van der Waals surface area contributed by atoms with Crippen LogP contribution in [-0.2, 0) is 5.75 Å². The zero-order valence-corrected chi connectivity index (χ0v) is 10.7. The van der Waals surface area contributed by atoms with Gasteiger partial charge in [-0.15, -0.1) is 11.3 Å². The summed E-state index contributed by atoms with van der Waals surface area (Å²) in [5.74, 6) is 1.20. The van der Waals surface area contributed by atoms with Crippen molar-refractivity contribution in [2.24, 2.45) is 0 Å². The van der Waals surface area contributed by atoms with E-state index in [9.17, 15) is 0 Å². The number of thiophene rings is 1. The molecule has 0 aliphatic heterocycles. The third kappa shape index (κ3) is 3.00. The van der Waals surface area contributed by atoms with Crippen molar-refractivity contribution < 1.29 is 0 Å². The van der Waals surface area contributed by atoms with Crippen LogP contribution in [0.4, 0.5) is 0 Å². The van der Waals surface area contributed by atoms with E-state index in [0.29, 0.717) is 0 Å². The molecule has 0 unspecified atom stereocenters. The maximum absolute atomic E-state index is 3.49. The van der Waals surface area contributed by atoms with Crippen LogP contribution in [-0.4, -0.2) is 5.25 Å². The lowest BCUT2D eigenvalue weighted by Gasteiger charge is -2.06. The number of thioether (sulfide) groups is 1. The van der Waals surface area contributed by atoms with E-state index in [-0.39, 0.29) is 0 Å². The molecule has 2 rings (SSSR count). The summed E-state index contributed by atoms with van der Waals surface area (Å²) < 4.78 is 1.26. The van der Waals surface area contributed by atoms with Crippen LogP contribution in [0.5, 0.6) is 0 Å². The summed E-state index contributed by atoms with van der Waals surface area (Å²) in [6, 6.07) is 2.24. The fourth-order valence-electron chi connectivity index (χ4n) is 1.69. The molecule has 0 nitrogen and oxygen atoms in total. The minimum absolute atomic E-state index is 0.943. The predicted octanol–water partition coefficient (Wildman–Crippen LogP) is 4.69. The van der Waals surface area contributed by atoms with Crippen LogP contribution in [0.3, 0.4) is 0 Å². The monoisotopic (exact) mass is 276 g/mol. The van der Waals surface area contributed by atoms with Gasteiger partial charge >= 0.3 is 0 Å². The topological polar surface area (TPSA) is 0 Å². The molecule has 72 valence electrons. The Labute approximate surface area is 96.2 Å². The molecule has 0 saturated heterocycles. The first-order valence-electron chi connectivity index (χ1n) is 4.69. The van der Waals surface area contributed by atoms with Gasteiger partial charge in [0.25, 0.3) is 0 Å². The summed E-state index contributed by atoms with van der Waals surface area (Å²) in [6.45, 7) is 0. The molecule has 1 heterocycles. The van der Waals surface area contributed by atoms with Crippen molar-refractivity contribution in [1.82, 2.24) is 0 Å². The Morgan fingerprint density at radius 2 is 2.23 bits per heavy atom. The van der Waals surface area contributed by atoms with Crippen LogP contribution in [0.25, 0.3) is 0 Å². The van der Waals surface area contributed by atoms with Gasteiger partial charge in [-0.3, -0.25) is 0 Å². The van der Waals surface area contributed by atoms with E-state index in [4.69, 9.17) is 0 Å². The number of hydrogen-bond acceptors (Lipinski definition) is 2. The third-order valence-electron chi connectivity index (χ3n) is 2.41. The average molecular weight is 277 g/mol. The number of halogens is 1. The van der Waals surface area contributed by atoms with Crippen molar-refractivity contribution in [3.63, 3.8) is 0 Å². The second-order valence-corrected chi connectivity index (χ2v) is 7.06. The van der Waals surface area contributed by atoms with Crippen molar-refractivity contribution in [3.05, 3.63) is 20.8 Å². The highest BCUT2D eigenvalue weighted by Gasteiger charge is 2.15. The van der Waals surface area contributed by atoms with E-state index >= 15 is 0 Å². The molecule has 0 atom stereocenters. The third-order valence-corrected chi connectivity index (χ3v) is 5.41. The molecule has 0 bridgehead atoms. The lowest BCUT2D eigenvalue weighted by Crippen LogP contribution is -1.93. The molecule has 13 heavy (non-hydrogen) atoms. The van der Waals surface area contributed by atoms with Gasteiger partial charge in [0.2, 0.25) is 0 Å². The van der Waals surface area contributed by atoms with Gasteiger partial charge in [0.1, 0.15) is 0 Å². The minimum atomic E-state index is 0.943. The summed E-state index contributed by atoms with van der Waals surface area (Å²) in [5, 5.41) is 3.20. The highest BCUT2D eigenvalue weighted by Crippen LogP contribution is 2.33. The van der Waals surface area contributed by atoms with Crippen LogP contribution < -0.4 is 0 Å². The van der Waals surface area contributed by atoms with Crippen molar-refractivity contribution >= 4 is 39.0 Å². The molecule has 3 heteroatoms. The standard InChI is InChI=1S/C10H13BrS2/c11-10-5-8(7-13-10)6-12-9-3-1-2-4-9/h5,7,9H,1-4,6H2. The van der Waals surface area contributed by atoms with Gasteiger partial charge in [0, 0.05) is 11.0 Å². The van der Waals surface area contributed by atoms with E-state index in [1.807, 2.05) is 0 Å². The SMILES string of the molecule is Brc1cc(CSC2CCCC2)cs1. The fraction of sp³-hybridized carbons (Fsp3) is 0.600. The molecular weight excluding hydrogens is 264 g/mol. The van der Waals surface area contributed by atoms with E-state index in [0.717, 1.165) is 5.25 Å². The second kappa shape index (κ2) is 4.85. The van der Waals surface area contributed by atoms with E-state index in [2.05, 4.69) is 39.1 Å². The molecule has 0 N–H and O–H groups in total. The van der Waals surface area contributed by atoms with Gasteiger partial charge in [0.05, 0.1) is 3.79 Å². The first-order chi connectivity index (χ1) is 6.34. The molecule has 0 spiro atoms. The Bertz CT molecular complexity index is 264. The van der Waals surface area contributed by atoms with Gasteiger partial charge in [-0.05, 0) is 45.8 Å². The maximum atomic E-state index is 3.49. The van der Waals surface area contributed by atoms with Crippen molar-refractivity contribution in [1.29, 1.82) is 0 Å². The van der Waals surface area contributed by atoms with Crippen LogP contribution in [0.15, 0.2) is 15.2 Å². The van der Waals surface area contributed by atoms with Gasteiger partial charge in [-0.25, -0.2) is 0 Å². The summed E-state index contributed by atoms with van der Waals surface area (Å²) in [6.07, 6.45) is 5.78. The van der Waals surface area contributed by atoms with Gasteiger partial charge < -0.3 is 0 Å². The zero-order chi connectivity index (χ0) is 9.10. The first kappa shape index (κ1) is 10.1. The Kier molecular flexibility index (Phi) is 3.75. The van der Waals surface area contributed by atoms with Crippen LogP contribution >= 0.6 is 39.0 Å². The molecule has 1 fully saturated rings. The van der Waals surface area contributed by atoms with Crippen molar-refractivity contribution in [2.45, 2.75) is 36.7 Å². The molecular formula is C10H13BrS2. The number of rotatable bonds is 3. The lowest BCUT2D eigenvalue weighted by molar-refractivity contribution is 0.886. The van der Waals surface area contributed by atoms with Gasteiger partial charge in [-0.1, -0.05) is 12.8 Å². The predicted molar refractivity (Wildman–Crippen MR) is 65.6 cm³/mol. The van der Waals surface area contributed by atoms with Crippen molar-refractivity contribution in [2.75, 3.05) is 0 Å². The zero-order valence-electron chi connectivity index (χ0n) is 7.46. The Morgan fingerprint density at radius 1 is 1.46 bits per heavy atom. The highest BCUT2D eigenvalue weighted by molar-refractivity contribution is 9.11. The van der Waals surface area contributed by atoms with E-state index in [1.165, 1.54) is 40.8 Å².